The largest absolute Gasteiger partial charge is 0.463 e. The van der Waals surface area contributed by atoms with E-state index in [1.807, 2.05) is 22.9 Å². The summed E-state index contributed by atoms with van der Waals surface area (Å²) in [7, 11) is 0. The Labute approximate surface area is 173 Å². The van der Waals surface area contributed by atoms with Crippen molar-refractivity contribution in [2.45, 2.75) is 51.8 Å². The van der Waals surface area contributed by atoms with Gasteiger partial charge in [-0.25, -0.2) is 13.9 Å². The molecule has 0 spiro atoms. The lowest BCUT2D eigenvalue weighted by molar-refractivity contribution is -0.702. The zero-order chi connectivity index (χ0) is 20.0. The highest BCUT2D eigenvalue weighted by atomic mass is 32.1. The predicted molar refractivity (Wildman–Crippen MR) is 111 cm³/mol. The molecule has 0 aromatic carbocycles. The number of hydrogen-bond donors (Lipinski definition) is 1. The minimum absolute atomic E-state index is 0.268. The van der Waals surface area contributed by atoms with Gasteiger partial charge >= 0.3 is 5.97 Å². The third kappa shape index (κ3) is 4.37. The highest BCUT2D eigenvalue weighted by molar-refractivity contribution is 7.12. The molecule has 3 rings (SSSR count). The van der Waals surface area contributed by atoms with E-state index in [0.717, 1.165) is 19.5 Å². The molecule has 0 amide bonds. The minimum Gasteiger partial charge on any atom is -0.463 e. The van der Waals surface area contributed by atoms with E-state index in [9.17, 15) is 9.90 Å². The van der Waals surface area contributed by atoms with E-state index in [4.69, 9.17) is 4.74 Å². The van der Waals surface area contributed by atoms with Crippen LogP contribution in [0.4, 0.5) is 0 Å². The highest BCUT2D eigenvalue weighted by Crippen LogP contribution is 2.36. The third-order valence-electron chi connectivity index (χ3n) is 4.84. The molecule has 0 radical (unpaired) electrons. The first kappa shape index (κ1) is 20.8. The lowest BCUT2D eigenvalue weighted by Gasteiger charge is -2.23. The molecule has 0 unspecified atom stereocenters. The summed E-state index contributed by atoms with van der Waals surface area (Å²) in [6.45, 7) is 6.36. The average Bonchev–Trinajstić information content (AvgIpc) is 3.46. The Morgan fingerprint density at radius 2 is 1.89 bits per heavy atom. The summed E-state index contributed by atoms with van der Waals surface area (Å²) >= 11 is 2.71. The molecule has 3 heterocycles. The number of aliphatic hydroxyl groups is 1. The van der Waals surface area contributed by atoms with Gasteiger partial charge in [0.1, 0.15) is 12.4 Å². The molecule has 0 saturated carbocycles. The monoisotopic (exact) mass is 419 g/mol. The van der Waals surface area contributed by atoms with Gasteiger partial charge in [-0.05, 0) is 29.3 Å². The summed E-state index contributed by atoms with van der Waals surface area (Å²) in [5.74, 6) is 0.591. The minimum atomic E-state index is -1.73. The SMILES string of the molecule is CCCCn1cc[n+](CCCOC(=O)C(O)(c2cccs2)c2cccs2)c1C. The molecule has 0 saturated heterocycles. The van der Waals surface area contributed by atoms with E-state index in [1.54, 1.807) is 12.1 Å². The number of thiophene rings is 2. The molecular weight excluding hydrogens is 392 g/mol. The molecule has 0 fully saturated rings. The van der Waals surface area contributed by atoms with E-state index in [0.29, 0.717) is 16.2 Å². The lowest BCUT2D eigenvalue weighted by atomic mass is 10.0. The Morgan fingerprint density at radius 1 is 1.21 bits per heavy atom. The van der Waals surface area contributed by atoms with Crippen molar-refractivity contribution in [1.29, 1.82) is 0 Å². The summed E-state index contributed by atoms with van der Waals surface area (Å²) in [4.78, 5) is 14.0. The summed E-state index contributed by atoms with van der Waals surface area (Å²) in [5.41, 5.74) is -1.73. The fraction of sp³-hybridized carbons (Fsp3) is 0.429. The second-order valence-electron chi connectivity index (χ2n) is 6.74. The summed E-state index contributed by atoms with van der Waals surface area (Å²) in [6, 6.07) is 7.19. The van der Waals surface area contributed by atoms with Gasteiger partial charge in [0, 0.05) is 13.3 Å². The molecule has 3 aromatic heterocycles. The summed E-state index contributed by atoms with van der Waals surface area (Å²) < 4.78 is 9.92. The topological polar surface area (TPSA) is 55.3 Å². The lowest BCUT2D eigenvalue weighted by Crippen LogP contribution is -2.39. The second kappa shape index (κ2) is 9.49. The Bertz CT molecular complexity index is 836. The molecule has 0 atom stereocenters. The third-order valence-corrected chi connectivity index (χ3v) is 6.80. The Balaban J connectivity index is 1.58. The maximum Gasteiger partial charge on any atom is 0.349 e. The number of ether oxygens (including phenoxy) is 1. The van der Waals surface area contributed by atoms with Crippen molar-refractivity contribution in [1.82, 2.24) is 4.57 Å². The maximum absolute atomic E-state index is 12.8. The molecule has 0 aliphatic heterocycles. The molecule has 7 heteroatoms. The number of esters is 1. The zero-order valence-electron chi connectivity index (χ0n) is 16.3. The van der Waals surface area contributed by atoms with Crippen molar-refractivity contribution in [2.24, 2.45) is 0 Å². The Hall–Kier alpha value is -1.96. The normalized spacial score (nSPS) is 11.7. The van der Waals surface area contributed by atoms with Gasteiger partial charge in [0.2, 0.25) is 5.60 Å². The van der Waals surface area contributed by atoms with Gasteiger partial charge in [-0.1, -0.05) is 25.5 Å². The number of nitrogens with zero attached hydrogens (tertiary/aromatic N) is 2. The van der Waals surface area contributed by atoms with Gasteiger partial charge in [0.15, 0.2) is 0 Å². The average molecular weight is 420 g/mol. The molecule has 1 N–H and O–H groups in total. The van der Waals surface area contributed by atoms with Crippen LogP contribution >= 0.6 is 22.7 Å². The van der Waals surface area contributed by atoms with Gasteiger partial charge in [0.05, 0.1) is 29.5 Å². The van der Waals surface area contributed by atoms with Crippen LogP contribution < -0.4 is 4.57 Å². The number of hydrogen-bond acceptors (Lipinski definition) is 5. The van der Waals surface area contributed by atoms with E-state index in [-0.39, 0.29) is 6.61 Å². The maximum atomic E-state index is 12.8. The van der Waals surface area contributed by atoms with Gasteiger partial charge in [-0.15, -0.1) is 22.7 Å². The van der Waals surface area contributed by atoms with Crippen molar-refractivity contribution >= 4 is 28.6 Å². The first-order valence-electron chi connectivity index (χ1n) is 9.60. The molecule has 28 heavy (non-hydrogen) atoms. The van der Waals surface area contributed by atoms with Crippen LogP contribution in [0.5, 0.6) is 0 Å². The number of rotatable bonds is 10. The fourth-order valence-electron chi connectivity index (χ4n) is 3.14. The molecule has 3 aromatic rings. The number of aryl methyl sites for hydroxylation is 2. The van der Waals surface area contributed by atoms with Gasteiger partial charge in [-0.3, -0.25) is 0 Å². The van der Waals surface area contributed by atoms with Crippen LogP contribution in [0.25, 0.3) is 0 Å². The predicted octanol–water partition coefficient (Wildman–Crippen LogP) is 3.88. The number of aromatic nitrogens is 2. The van der Waals surface area contributed by atoms with E-state index in [1.165, 1.54) is 34.9 Å². The van der Waals surface area contributed by atoms with E-state index >= 15 is 0 Å². The van der Waals surface area contributed by atoms with Gasteiger partial charge in [0.25, 0.3) is 5.82 Å². The van der Waals surface area contributed by atoms with Gasteiger partial charge < -0.3 is 9.84 Å². The second-order valence-corrected chi connectivity index (χ2v) is 8.64. The first-order valence-corrected chi connectivity index (χ1v) is 11.4. The van der Waals surface area contributed by atoms with Crippen LogP contribution in [0.1, 0.15) is 41.8 Å². The van der Waals surface area contributed by atoms with Crippen molar-refractivity contribution in [3.8, 4) is 0 Å². The quantitative estimate of drug-likeness (QED) is 0.308. The number of carbonyl (C=O) groups is 1. The van der Waals surface area contributed by atoms with Crippen molar-refractivity contribution in [2.75, 3.05) is 6.61 Å². The number of carbonyl (C=O) groups excluding carboxylic acids is 1. The first-order chi connectivity index (χ1) is 13.6. The molecule has 150 valence electrons. The van der Waals surface area contributed by atoms with Crippen molar-refractivity contribution in [3.63, 3.8) is 0 Å². The van der Waals surface area contributed by atoms with Gasteiger partial charge in [-0.2, -0.15) is 0 Å². The van der Waals surface area contributed by atoms with E-state index < -0.39 is 11.6 Å². The molecule has 0 bridgehead atoms. The molecule has 0 aliphatic carbocycles. The fourth-order valence-corrected chi connectivity index (χ4v) is 4.85. The standard InChI is InChI=1S/C21H27N2O3S2/c1-3-4-10-22-12-13-23(17(22)2)11-7-14-26-20(24)21(25,18-8-5-15-27-18)19-9-6-16-28-19/h5-6,8-9,12-13,15-16,25H,3-4,7,10-11,14H2,1-2H3/q+1. The smallest absolute Gasteiger partial charge is 0.349 e. The van der Waals surface area contributed by atoms with Crippen LogP contribution in [0, 0.1) is 6.92 Å². The molecular formula is C21H27N2O3S2+. The van der Waals surface area contributed by atoms with Crippen LogP contribution in [-0.4, -0.2) is 22.2 Å². The number of unbranched alkanes of at least 4 members (excludes halogenated alkanes) is 1. The zero-order valence-corrected chi connectivity index (χ0v) is 18.0. The van der Waals surface area contributed by atoms with Crippen molar-refractivity contribution < 1.29 is 19.2 Å². The van der Waals surface area contributed by atoms with Crippen LogP contribution in [0.3, 0.4) is 0 Å². The highest BCUT2D eigenvalue weighted by Gasteiger charge is 2.43. The summed E-state index contributed by atoms with van der Waals surface area (Å²) in [5, 5.41) is 14.9. The molecule has 0 aliphatic rings. The Morgan fingerprint density at radius 3 is 2.46 bits per heavy atom. The molecule has 5 nitrogen and oxygen atoms in total. The van der Waals surface area contributed by atoms with E-state index in [2.05, 4.69) is 35.4 Å². The van der Waals surface area contributed by atoms with Crippen molar-refractivity contribution in [3.05, 3.63) is 63.0 Å². The van der Waals surface area contributed by atoms with Crippen LogP contribution in [-0.2, 0) is 28.2 Å². The van der Waals surface area contributed by atoms with Crippen LogP contribution in [0.2, 0.25) is 0 Å². The summed E-state index contributed by atoms with van der Waals surface area (Å²) in [6.07, 6.45) is 7.20. The Kier molecular flexibility index (Phi) is 7.04. The number of imidazole rings is 1. The van der Waals surface area contributed by atoms with Crippen LogP contribution in [0.15, 0.2) is 47.4 Å².